The second-order valence-electron chi connectivity index (χ2n) is 8.02. The van der Waals surface area contributed by atoms with Crippen LogP contribution in [0.2, 0.25) is 0 Å². The summed E-state index contributed by atoms with van der Waals surface area (Å²) in [6.07, 6.45) is 0. The largest absolute Gasteiger partial charge is 3.00 e. The third-order valence-electron chi connectivity index (χ3n) is 4.41. The Kier molecular flexibility index (Phi) is 15.5. The van der Waals surface area contributed by atoms with Gasteiger partial charge in [0.1, 0.15) is 25.0 Å². The Balaban J connectivity index is 0. The van der Waals surface area contributed by atoms with Crippen molar-refractivity contribution in [2.75, 3.05) is 13.2 Å². The predicted molar refractivity (Wildman–Crippen MR) is 119 cm³/mol. The molecule has 1 aromatic rings. The molecule has 0 radical (unpaired) electrons. The number of carboxylic acid groups (broad SMARTS) is 2. The Morgan fingerprint density at radius 2 is 1.26 bits per heavy atom. The molecule has 0 bridgehead atoms. The van der Waals surface area contributed by atoms with Gasteiger partial charge in [-0.2, -0.15) is 0 Å². The smallest absolute Gasteiger partial charge is 0.550 e. The standard InChI is InChI=1S/C18H22N3O4.2C2H4O2.H2O.Rh/c1-10(2)15-8-24-17(19-15)12-5-13(7-14(6-12)21(22)23)18-20-16(9-25-18)11(3)4;2*1-2(3)4;;/h6-7,10-11,15-16H,8-9H2,1-4H3;2*1H3,(H,3,4);1H2;/q-1;;;;+3/p-2/t15-,16-;;;;/m1..../s1. The third kappa shape index (κ3) is 11.9. The van der Waals surface area contributed by atoms with E-state index < -0.39 is 16.9 Å². The minimum atomic E-state index is -1.08. The second kappa shape index (κ2) is 15.9. The Hall–Kier alpha value is -2.92. The zero-order chi connectivity index (χ0) is 25.3. The SMILES string of the molecule is CC(=O)[O-].CC(=O)[O-].CC(C)[C@H]1COC(c2[c-]c(C3=N[C@@H](C(C)C)CO3)cc([N+](=O)[O-])c2)=N1.O.[Rh+3]. The van der Waals surface area contributed by atoms with Crippen LogP contribution in [0, 0.1) is 28.0 Å². The molecule has 0 aromatic heterocycles. The molecule has 0 fully saturated rings. The summed E-state index contributed by atoms with van der Waals surface area (Å²) in [5.74, 6) is -0.708. The van der Waals surface area contributed by atoms with E-state index in [0.717, 1.165) is 13.8 Å². The molecule has 1 aromatic carbocycles. The predicted octanol–water partition coefficient (Wildman–Crippen LogP) is -0.317. The average Bonchev–Trinajstić information content (AvgIpc) is 3.37. The van der Waals surface area contributed by atoms with Crippen molar-refractivity contribution in [3.8, 4) is 0 Å². The third-order valence-corrected chi connectivity index (χ3v) is 4.41. The average molecular weight is 583 g/mol. The van der Waals surface area contributed by atoms with Gasteiger partial charge in [0.2, 0.25) is 5.69 Å². The molecule has 2 heterocycles. The fraction of sp³-hybridized carbons (Fsp3) is 0.545. The van der Waals surface area contributed by atoms with Crippen molar-refractivity contribution in [2.24, 2.45) is 21.8 Å². The molecular formula is C22H30N3O9Rh. The summed E-state index contributed by atoms with van der Waals surface area (Å²) in [7, 11) is 0. The van der Waals surface area contributed by atoms with Gasteiger partial charge in [-0.15, -0.1) is 6.07 Å². The monoisotopic (exact) mass is 583 g/mol. The molecule has 2 aliphatic rings. The normalized spacial score (nSPS) is 17.6. The van der Waals surface area contributed by atoms with Crippen LogP contribution in [-0.4, -0.2) is 59.4 Å². The van der Waals surface area contributed by atoms with Crippen molar-refractivity contribution in [1.29, 1.82) is 0 Å². The van der Waals surface area contributed by atoms with Crippen molar-refractivity contribution >= 4 is 29.4 Å². The van der Waals surface area contributed by atoms with Crippen LogP contribution in [-0.2, 0) is 38.5 Å². The minimum absolute atomic E-state index is 0. The number of hydrogen-bond acceptors (Lipinski definition) is 10. The number of hydrogen-bond donors (Lipinski definition) is 0. The number of nitro groups is 1. The van der Waals surface area contributed by atoms with Crippen LogP contribution in [0.5, 0.6) is 0 Å². The molecule has 3 rings (SSSR count). The number of rotatable bonds is 5. The summed E-state index contributed by atoms with van der Waals surface area (Å²) in [6, 6.07) is 6.09. The van der Waals surface area contributed by atoms with E-state index in [2.05, 4.69) is 43.7 Å². The zero-order valence-corrected chi connectivity index (χ0v) is 22.0. The fourth-order valence-corrected chi connectivity index (χ4v) is 2.65. The fourth-order valence-electron chi connectivity index (χ4n) is 2.65. The van der Waals surface area contributed by atoms with Crippen LogP contribution in [0.15, 0.2) is 22.1 Å². The maximum absolute atomic E-state index is 11.3. The molecule has 0 saturated carbocycles. The first-order valence-corrected chi connectivity index (χ1v) is 10.3. The number of carbonyl (C=O) groups is 2. The van der Waals surface area contributed by atoms with Gasteiger partial charge in [0.25, 0.3) is 0 Å². The summed E-state index contributed by atoms with van der Waals surface area (Å²) in [6.45, 7) is 11.2. The zero-order valence-electron chi connectivity index (χ0n) is 20.3. The van der Waals surface area contributed by atoms with E-state index >= 15 is 0 Å². The van der Waals surface area contributed by atoms with E-state index in [1.807, 2.05) is 0 Å². The van der Waals surface area contributed by atoms with Crippen LogP contribution in [0.3, 0.4) is 0 Å². The molecular weight excluding hydrogens is 553 g/mol. The molecule has 0 spiro atoms. The van der Waals surface area contributed by atoms with Crippen LogP contribution in [0.25, 0.3) is 0 Å². The number of non-ortho nitro benzene ring substituents is 1. The van der Waals surface area contributed by atoms with Gasteiger partial charge >= 0.3 is 19.5 Å². The summed E-state index contributed by atoms with van der Waals surface area (Å²) in [4.78, 5) is 37.7. The van der Waals surface area contributed by atoms with Crippen molar-refractivity contribution < 1.29 is 59.2 Å². The Morgan fingerprint density at radius 3 is 1.49 bits per heavy atom. The Labute approximate surface area is 216 Å². The summed E-state index contributed by atoms with van der Waals surface area (Å²) >= 11 is 0. The molecule has 12 nitrogen and oxygen atoms in total. The molecule has 0 amide bonds. The first-order valence-electron chi connectivity index (χ1n) is 10.3. The van der Waals surface area contributed by atoms with Gasteiger partial charge in [0, 0.05) is 16.9 Å². The summed E-state index contributed by atoms with van der Waals surface area (Å²) in [5, 5.41) is 29.1. The number of nitrogens with zero attached hydrogens (tertiary/aromatic N) is 3. The van der Waals surface area contributed by atoms with Crippen molar-refractivity contribution in [1.82, 2.24) is 0 Å². The molecule has 35 heavy (non-hydrogen) atoms. The molecule has 0 aliphatic carbocycles. The second-order valence-corrected chi connectivity index (χ2v) is 8.02. The Bertz CT molecular complexity index is 860. The van der Waals surface area contributed by atoms with Gasteiger partial charge in [0.15, 0.2) is 0 Å². The van der Waals surface area contributed by atoms with Crippen LogP contribution < -0.4 is 10.2 Å². The first kappa shape index (κ1) is 34.3. The minimum Gasteiger partial charge on any atom is -0.550 e. The van der Waals surface area contributed by atoms with Crippen LogP contribution in [0.4, 0.5) is 5.69 Å². The summed E-state index contributed by atoms with van der Waals surface area (Å²) in [5.41, 5.74) is 0.876. The molecule has 2 N–H and O–H groups in total. The van der Waals surface area contributed by atoms with Gasteiger partial charge < -0.3 is 34.8 Å². The topological polar surface area (TPSA) is 198 Å². The van der Waals surface area contributed by atoms with Crippen molar-refractivity contribution in [2.45, 2.75) is 53.6 Å². The van der Waals surface area contributed by atoms with E-state index in [-0.39, 0.29) is 42.7 Å². The number of ether oxygens (including phenoxy) is 2. The number of aliphatic carboxylic acids is 2. The molecule has 2 aliphatic heterocycles. The van der Waals surface area contributed by atoms with E-state index in [9.17, 15) is 10.1 Å². The summed E-state index contributed by atoms with van der Waals surface area (Å²) < 4.78 is 11.3. The maximum atomic E-state index is 11.3. The molecule has 0 unspecified atom stereocenters. The number of aliphatic imine (C=N–C) groups is 2. The maximum Gasteiger partial charge on any atom is 3.00 e. The van der Waals surface area contributed by atoms with Gasteiger partial charge in [0.05, 0.1) is 12.1 Å². The van der Waals surface area contributed by atoms with Crippen LogP contribution in [0.1, 0.15) is 52.7 Å². The van der Waals surface area contributed by atoms with Crippen LogP contribution >= 0.6 is 0 Å². The first-order chi connectivity index (χ1) is 15.3. The van der Waals surface area contributed by atoms with E-state index in [4.69, 9.17) is 29.3 Å². The van der Waals surface area contributed by atoms with E-state index in [1.54, 1.807) is 0 Å². The van der Waals surface area contributed by atoms with Crippen molar-refractivity contribution in [3.05, 3.63) is 39.4 Å². The van der Waals surface area contributed by atoms with Gasteiger partial charge in [-0.25, -0.2) is 0 Å². The van der Waals surface area contributed by atoms with E-state index in [1.165, 1.54) is 12.1 Å². The molecule has 2 atom stereocenters. The number of benzene rings is 1. The van der Waals surface area contributed by atoms with Gasteiger partial charge in [-0.3, -0.25) is 20.1 Å². The number of nitro benzene ring substituents is 1. The molecule has 0 saturated heterocycles. The van der Waals surface area contributed by atoms with Gasteiger partial charge in [-0.05, 0) is 37.8 Å². The van der Waals surface area contributed by atoms with Gasteiger partial charge in [-0.1, -0.05) is 38.8 Å². The van der Waals surface area contributed by atoms with Crippen molar-refractivity contribution in [3.63, 3.8) is 0 Å². The molecule has 196 valence electrons. The number of carbonyl (C=O) groups excluding carboxylic acids is 2. The number of carboxylic acids is 2. The Morgan fingerprint density at radius 1 is 0.943 bits per heavy atom. The van der Waals surface area contributed by atoms with E-state index in [0.29, 0.717) is 48.0 Å². The quantitative estimate of drug-likeness (QED) is 0.194. The molecule has 13 heteroatoms.